The zero-order valence-corrected chi connectivity index (χ0v) is 16.9. The number of anilines is 1. The van der Waals surface area contributed by atoms with E-state index in [0.29, 0.717) is 29.6 Å². The molecule has 2 aromatic carbocycles. The average Bonchev–Trinajstić information content (AvgIpc) is 3.61. The van der Waals surface area contributed by atoms with E-state index in [1.807, 2.05) is 0 Å². The maximum Gasteiger partial charge on any atom is 0.322 e. The normalized spacial score (nSPS) is 12.8. The van der Waals surface area contributed by atoms with Crippen LogP contribution in [0.15, 0.2) is 60.8 Å². The molecule has 1 heterocycles. The molecule has 3 aromatic rings. The van der Waals surface area contributed by atoms with Crippen LogP contribution in [0.2, 0.25) is 0 Å². The van der Waals surface area contributed by atoms with Gasteiger partial charge in [-0.15, -0.1) is 0 Å². The van der Waals surface area contributed by atoms with Crippen LogP contribution in [-0.4, -0.2) is 34.2 Å². The van der Waals surface area contributed by atoms with Gasteiger partial charge in [-0.2, -0.15) is 0 Å². The quantitative estimate of drug-likeness (QED) is 0.563. The van der Waals surface area contributed by atoms with Crippen molar-refractivity contribution in [3.05, 3.63) is 72.2 Å². The maximum absolute atomic E-state index is 13.0. The summed E-state index contributed by atoms with van der Waals surface area (Å²) >= 11 is 0. The summed E-state index contributed by atoms with van der Waals surface area (Å²) in [6, 6.07) is 13.9. The molecule has 0 atom stereocenters. The number of phenols is 1. The highest BCUT2D eigenvalue weighted by Crippen LogP contribution is 2.32. The Bertz CT molecular complexity index is 1050. The van der Waals surface area contributed by atoms with Gasteiger partial charge in [0.15, 0.2) is 11.5 Å². The molecule has 0 radical (unpaired) electrons. The predicted molar refractivity (Wildman–Crippen MR) is 113 cm³/mol. The topological polar surface area (TPSA) is 83.9 Å². The summed E-state index contributed by atoms with van der Waals surface area (Å²) in [5.41, 5.74) is 1.39. The number of carbonyl (C=O) groups is 1. The molecule has 1 aromatic heterocycles. The largest absolute Gasteiger partial charge is 0.504 e. The van der Waals surface area contributed by atoms with Gasteiger partial charge in [-0.05, 0) is 60.9 Å². The maximum atomic E-state index is 13.0. The Hall–Kier alpha value is -3.81. The monoisotopic (exact) mass is 423 g/mol. The fraction of sp³-hybridized carbons (Fsp3) is 0.217. The minimum atomic E-state index is -0.343. The summed E-state index contributed by atoms with van der Waals surface area (Å²) in [5, 5.41) is 12.6. The lowest BCUT2D eigenvalue weighted by Gasteiger charge is -2.23. The molecule has 4 rings (SSSR count). The van der Waals surface area contributed by atoms with Crippen LogP contribution in [-0.2, 0) is 6.54 Å². The van der Waals surface area contributed by atoms with Gasteiger partial charge >= 0.3 is 6.03 Å². The number of phenolic OH excluding ortho intramolecular Hbond substituents is 1. The van der Waals surface area contributed by atoms with E-state index in [9.17, 15) is 14.3 Å². The summed E-state index contributed by atoms with van der Waals surface area (Å²) in [5.74, 6) is 0.886. The Morgan fingerprint density at radius 1 is 1.19 bits per heavy atom. The second-order valence-corrected chi connectivity index (χ2v) is 7.24. The van der Waals surface area contributed by atoms with Gasteiger partial charge in [0, 0.05) is 18.7 Å². The Balaban J connectivity index is 1.40. The zero-order valence-electron chi connectivity index (χ0n) is 16.9. The number of hydrogen-bond donors (Lipinski definition) is 2. The van der Waals surface area contributed by atoms with E-state index in [1.54, 1.807) is 35.2 Å². The third kappa shape index (κ3) is 5.22. The van der Waals surface area contributed by atoms with Crippen LogP contribution in [0.5, 0.6) is 23.1 Å². The zero-order chi connectivity index (χ0) is 21.8. The molecule has 7 nitrogen and oxygen atoms in total. The number of nitrogens with zero attached hydrogens (tertiary/aromatic N) is 2. The molecule has 1 saturated carbocycles. The lowest BCUT2D eigenvalue weighted by molar-refractivity contribution is 0.206. The third-order valence-corrected chi connectivity index (χ3v) is 4.87. The second kappa shape index (κ2) is 8.91. The molecule has 2 amide bonds. The van der Waals surface area contributed by atoms with Gasteiger partial charge in [0.05, 0.1) is 19.0 Å². The van der Waals surface area contributed by atoms with Gasteiger partial charge in [-0.3, -0.25) is 0 Å². The van der Waals surface area contributed by atoms with E-state index in [0.717, 1.165) is 18.4 Å². The van der Waals surface area contributed by atoms with Crippen molar-refractivity contribution >= 4 is 11.7 Å². The molecular weight excluding hydrogens is 401 g/mol. The van der Waals surface area contributed by atoms with Gasteiger partial charge in [-0.25, -0.2) is 14.2 Å². The van der Waals surface area contributed by atoms with Gasteiger partial charge in [-0.1, -0.05) is 6.07 Å². The number of aromatic nitrogens is 1. The number of amides is 2. The van der Waals surface area contributed by atoms with Crippen molar-refractivity contribution in [2.45, 2.75) is 25.4 Å². The number of halogens is 1. The molecule has 1 aliphatic rings. The van der Waals surface area contributed by atoms with Crippen LogP contribution in [0.4, 0.5) is 14.9 Å². The molecule has 31 heavy (non-hydrogen) atoms. The number of carbonyl (C=O) groups excluding carboxylic acids is 1. The Morgan fingerprint density at radius 3 is 2.61 bits per heavy atom. The van der Waals surface area contributed by atoms with Crippen LogP contribution in [0, 0.1) is 5.82 Å². The van der Waals surface area contributed by atoms with Crippen molar-refractivity contribution in [3.63, 3.8) is 0 Å². The number of methoxy groups -OCH3 is 1. The van der Waals surface area contributed by atoms with Gasteiger partial charge in [0.1, 0.15) is 11.6 Å². The summed E-state index contributed by atoms with van der Waals surface area (Å²) in [6.07, 6.45) is 3.40. The van der Waals surface area contributed by atoms with Crippen molar-refractivity contribution < 1.29 is 23.8 Å². The van der Waals surface area contributed by atoms with E-state index in [-0.39, 0.29) is 23.6 Å². The second-order valence-electron chi connectivity index (χ2n) is 7.24. The van der Waals surface area contributed by atoms with Crippen molar-refractivity contribution in [1.29, 1.82) is 0 Å². The first kappa shape index (κ1) is 20.5. The Morgan fingerprint density at radius 2 is 1.97 bits per heavy atom. The van der Waals surface area contributed by atoms with Crippen LogP contribution in [0.1, 0.15) is 18.4 Å². The number of nitrogens with one attached hydrogen (secondary N) is 1. The third-order valence-electron chi connectivity index (χ3n) is 4.87. The molecule has 0 unspecified atom stereocenters. The first-order chi connectivity index (χ1) is 15.0. The first-order valence-corrected chi connectivity index (χ1v) is 9.85. The number of ether oxygens (including phenoxy) is 2. The SMILES string of the molecule is COc1cc(CN(C(=O)Nc2ccc(Oc3ccc(F)cc3)nc2)C2CC2)ccc1O. The molecule has 1 fully saturated rings. The van der Waals surface area contributed by atoms with Gasteiger partial charge < -0.3 is 24.8 Å². The van der Waals surface area contributed by atoms with Gasteiger partial charge in [0.2, 0.25) is 5.88 Å². The molecule has 0 bridgehead atoms. The highest BCUT2D eigenvalue weighted by molar-refractivity contribution is 5.89. The smallest absolute Gasteiger partial charge is 0.322 e. The van der Waals surface area contributed by atoms with Crippen LogP contribution in [0.25, 0.3) is 0 Å². The first-order valence-electron chi connectivity index (χ1n) is 9.85. The highest BCUT2D eigenvalue weighted by atomic mass is 19.1. The number of urea groups is 1. The fourth-order valence-electron chi connectivity index (χ4n) is 3.10. The number of rotatable bonds is 7. The number of hydrogen-bond acceptors (Lipinski definition) is 5. The number of aromatic hydroxyl groups is 1. The van der Waals surface area contributed by atoms with Crippen molar-refractivity contribution in [3.8, 4) is 23.1 Å². The molecule has 0 saturated heterocycles. The van der Waals surface area contributed by atoms with E-state index in [1.165, 1.54) is 37.6 Å². The number of benzene rings is 2. The summed E-state index contributed by atoms with van der Waals surface area (Å²) in [7, 11) is 1.49. The Labute approximate surface area is 179 Å². The predicted octanol–water partition coefficient (Wildman–Crippen LogP) is 4.92. The lowest BCUT2D eigenvalue weighted by atomic mass is 10.2. The van der Waals surface area contributed by atoms with Gasteiger partial charge in [0.25, 0.3) is 0 Å². The lowest BCUT2D eigenvalue weighted by Crippen LogP contribution is -2.36. The van der Waals surface area contributed by atoms with E-state index in [2.05, 4.69) is 10.3 Å². The summed E-state index contributed by atoms with van der Waals surface area (Å²) in [4.78, 5) is 18.8. The van der Waals surface area contributed by atoms with E-state index >= 15 is 0 Å². The molecule has 8 heteroatoms. The number of pyridine rings is 1. The van der Waals surface area contributed by atoms with E-state index < -0.39 is 0 Å². The fourth-order valence-corrected chi connectivity index (χ4v) is 3.10. The minimum absolute atomic E-state index is 0.0580. The summed E-state index contributed by atoms with van der Waals surface area (Å²) < 4.78 is 23.7. The van der Waals surface area contributed by atoms with Crippen LogP contribution < -0.4 is 14.8 Å². The molecule has 1 aliphatic carbocycles. The minimum Gasteiger partial charge on any atom is -0.504 e. The van der Waals surface area contributed by atoms with Crippen molar-refractivity contribution in [1.82, 2.24) is 9.88 Å². The molecule has 2 N–H and O–H groups in total. The van der Waals surface area contributed by atoms with Crippen LogP contribution >= 0.6 is 0 Å². The molecule has 0 aliphatic heterocycles. The standard InChI is InChI=1S/C23H22FN3O4/c1-30-21-12-15(2-10-20(21)28)14-27(18-6-7-18)23(29)26-17-5-11-22(25-13-17)31-19-8-3-16(24)4-9-19/h2-5,8-13,18,28H,6-7,14H2,1H3,(H,26,29). The molecule has 160 valence electrons. The van der Waals surface area contributed by atoms with Crippen molar-refractivity contribution in [2.75, 3.05) is 12.4 Å². The molecular formula is C23H22FN3O4. The van der Waals surface area contributed by atoms with Crippen molar-refractivity contribution in [2.24, 2.45) is 0 Å². The van der Waals surface area contributed by atoms with E-state index in [4.69, 9.17) is 9.47 Å². The van der Waals surface area contributed by atoms with Crippen LogP contribution in [0.3, 0.4) is 0 Å². The molecule has 0 spiro atoms. The summed E-state index contributed by atoms with van der Waals surface area (Å²) in [6.45, 7) is 0.395. The highest BCUT2D eigenvalue weighted by Gasteiger charge is 2.32. The average molecular weight is 423 g/mol. The Kier molecular flexibility index (Phi) is 5.88.